The summed E-state index contributed by atoms with van der Waals surface area (Å²) in [6.45, 7) is 3.69. The molecule has 0 radical (unpaired) electrons. The second-order valence-electron chi connectivity index (χ2n) is 6.44. The van der Waals surface area contributed by atoms with Crippen LogP contribution in [0.15, 0.2) is 48.9 Å². The van der Waals surface area contributed by atoms with Gasteiger partial charge in [0.25, 0.3) is 0 Å². The predicted molar refractivity (Wildman–Crippen MR) is 86.1 cm³/mol. The lowest BCUT2D eigenvalue weighted by Crippen LogP contribution is -2.65. The van der Waals surface area contributed by atoms with Crippen molar-refractivity contribution < 1.29 is 9.47 Å². The van der Waals surface area contributed by atoms with E-state index in [0.29, 0.717) is 5.88 Å². The summed E-state index contributed by atoms with van der Waals surface area (Å²) in [5.41, 5.74) is 1.31. The molecule has 0 amide bonds. The van der Waals surface area contributed by atoms with Crippen molar-refractivity contribution in [3.63, 3.8) is 0 Å². The molecule has 0 N–H and O–H groups in total. The molecule has 0 bridgehead atoms. The van der Waals surface area contributed by atoms with Gasteiger partial charge < -0.3 is 9.47 Å². The molecule has 1 spiro atoms. The van der Waals surface area contributed by atoms with Gasteiger partial charge in [-0.1, -0.05) is 30.3 Å². The molecular weight excluding hydrogens is 290 g/mol. The number of ether oxygens (including phenoxy) is 2. The summed E-state index contributed by atoms with van der Waals surface area (Å²) in [6, 6.07) is 10.6. The monoisotopic (exact) mass is 311 g/mol. The Kier molecular flexibility index (Phi) is 3.97. The zero-order chi connectivity index (χ0) is 15.5. The Balaban J connectivity index is 1.32. The summed E-state index contributed by atoms with van der Waals surface area (Å²) < 4.78 is 12.0. The largest absolute Gasteiger partial charge is 0.473 e. The van der Waals surface area contributed by atoms with Crippen LogP contribution in [0.1, 0.15) is 18.4 Å². The van der Waals surface area contributed by atoms with E-state index in [2.05, 4.69) is 45.2 Å². The van der Waals surface area contributed by atoms with Gasteiger partial charge in [0.1, 0.15) is 6.10 Å². The lowest BCUT2D eigenvalue weighted by atomic mass is 9.84. The molecule has 5 heteroatoms. The molecule has 2 saturated heterocycles. The summed E-state index contributed by atoms with van der Waals surface area (Å²) in [7, 11) is 0. The number of likely N-dealkylation sites (tertiary alicyclic amines) is 1. The molecule has 2 aromatic rings. The van der Waals surface area contributed by atoms with Crippen LogP contribution in [0, 0.1) is 0 Å². The minimum absolute atomic E-state index is 0.0418. The summed E-state index contributed by atoms with van der Waals surface area (Å²) >= 11 is 0. The molecule has 1 aromatic heterocycles. The molecular formula is C18H21N3O2. The quantitative estimate of drug-likeness (QED) is 0.867. The summed E-state index contributed by atoms with van der Waals surface area (Å²) in [5, 5.41) is 0. The van der Waals surface area contributed by atoms with E-state index < -0.39 is 0 Å². The van der Waals surface area contributed by atoms with Crippen molar-refractivity contribution in [1.29, 1.82) is 0 Å². The minimum atomic E-state index is -0.0418. The first-order valence-corrected chi connectivity index (χ1v) is 8.14. The molecule has 2 aliphatic heterocycles. The van der Waals surface area contributed by atoms with Crippen molar-refractivity contribution >= 4 is 0 Å². The van der Waals surface area contributed by atoms with Gasteiger partial charge in [-0.05, 0) is 5.56 Å². The summed E-state index contributed by atoms with van der Waals surface area (Å²) in [6.07, 6.45) is 7.00. The van der Waals surface area contributed by atoms with E-state index in [0.717, 1.165) is 39.1 Å². The Hall–Kier alpha value is -1.98. The lowest BCUT2D eigenvalue weighted by Gasteiger charge is -2.53. The second-order valence-corrected chi connectivity index (χ2v) is 6.44. The van der Waals surface area contributed by atoms with Crippen molar-refractivity contribution in [1.82, 2.24) is 14.9 Å². The fourth-order valence-corrected chi connectivity index (χ4v) is 3.54. The van der Waals surface area contributed by atoms with Gasteiger partial charge >= 0.3 is 0 Å². The van der Waals surface area contributed by atoms with E-state index >= 15 is 0 Å². The Morgan fingerprint density at radius 1 is 1.22 bits per heavy atom. The zero-order valence-corrected chi connectivity index (χ0v) is 13.1. The third kappa shape index (κ3) is 3.35. The Labute approximate surface area is 136 Å². The maximum Gasteiger partial charge on any atom is 0.232 e. The first-order valence-electron chi connectivity index (χ1n) is 8.14. The number of hydrogen-bond acceptors (Lipinski definition) is 5. The predicted octanol–water partition coefficient (Wildman–Crippen LogP) is 2.29. The fourth-order valence-electron chi connectivity index (χ4n) is 3.54. The van der Waals surface area contributed by atoms with Gasteiger partial charge in [0.15, 0.2) is 0 Å². The number of hydrogen-bond donors (Lipinski definition) is 0. The molecule has 120 valence electrons. The van der Waals surface area contributed by atoms with E-state index in [1.807, 2.05) is 0 Å². The lowest BCUT2D eigenvalue weighted by molar-refractivity contribution is -0.188. The summed E-state index contributed by atoms with van der Waals surface area (Å²) in [5.74, 6) is 0.606. The van der Waals surface area contributed by atoms with Crippen LogP contribution in [0.3, 0.4) is 0 Å². The van der Waals surface area contributed by atoms with Crippen LogP contribution in [0.25, 0.3) is 0 Å². The Morgan fingerprint density at radius 2 is 2.09 bits per heavy atom. The maximum atomic E-state index is 6.08. The first kappa shape index (κ1) is 14.6. The van der Waals surface area contributed by atoms with Gasteiger partial charge in [0, 0.05) is 44.9 Å². The van der Waals surface area contributed by atoms with Gasteiger partial charge in [0.2, 0.25) is 5.88 Å². The van der Waals surface area contributed by atoms with Crippen molar-refractivity contribution in [3.05, 3.63) is 54.5 Å². The van der Waals surface area contributed by atoms with Gasteiger partial charge in [-0.2, -0.15) is 0 Å². The van der Waals surface area contributed by atoms with Crippen LogP contribution in [-0.4, -0.2) is 46.3 Å². The molecule has 1 unspecified atom stereocenters. The molecule has 23 heavy (non-hydrogen) atoms. The summed E-state index contributed by atoms with van der Waals surface area (Å²) in [4.78, 5) is 10.7. The van der Waals surface area contributed by atoms with E-state index in [1.54, 1.807) is 18.6 Å². The van der Waals surface area contributed by atoms with Crippen LogP contribution in [0.5, 0.6) is 5.88 Å². The molecule has 1 atom stereocenters. The highest BCUT2D eigenvalue weighted by molar-refractivity contribution is 5.16. The molecule has 3 heterocycles. The SMILES string of the molecule is c1ccc(CN2CC3(CC(Oc4cnccn4)CCO3)C2)cc1. The molecule has 0 aliphatic carbocycles. The second kappa shape index (κ2) is 6.26. The van der Waals surface area contributed by atoms with Crippen molar-refractivity contribution in [2.45, 2.75) is 31.1 Å². The minimum Gasteiger partial charge on any atom is -0.473 e. The van der Waals surface area contributed by atoms with E-state index in [1.165, 1.54) is 5.56 Å². The molecule has 5 nitrogen and oxygen atoms in total. The van der Waals surface area contributed by atoms with Gasteiger partial charge in [-0.25, -0.2) is 4.98 Å². The third-order valence-corrected chi connectivity index (χ3v) is 4.55. The van der Waals surface area contributed by atoms with Crippen LogP contribution >= 0.6 is 0 Å². The third-order valence-electron chi connectivity index (χ3n) is 4.55. The average Bonchev–Trinajstić information content (AvgIpc) is 2.56. The molecule has 2 aliphatic rings. The average molecular weight is 311 g/mol. The highest BCUT2D eigenvalue weighted by Crippen LogP contribution is 2.36. The van der Waals surface area contributed by atoms with Crippen molar-refractivity contribution in [2.24, 2.45) is 0 Å². The fraction of sp³-hybridized carbons (Fsp3) is 0.444. The molecule has 1 aromatic carbocycles. The van der Waals surface area contributed by atoms with Crippen LogP contribution < -0.4 is 4.74 Å². The number of aromatic nitrogens is 2. The Morgan fingerprint density at radius 3 is 2.87 bits per heavy atom. The van der Waals surface area contributed by atoms with E-state index in [4.69, 9.17) is 9.47 Å². The standard InChI is InChI=1S/C18H21N3O2/c1-2-4-15(5-3-1)12-21-13-18(14-21)10-16(6-9-22-18)23-17-11-19-7-8-20-17/h1-5,7-8,11,16H,6,9-10,12-14H2. The maximum absolute atomic E-state index is 6.08. The van der Waals surface area contributed by atoms with Crippen LogP contribution in [0.4, 0.5) is 0 Å². The highest BCUT2D eigenvalue weighted by atomic mass is 16.5. The number of rotatable bonds is 4. The van der Waals surface area contributed by atoms with Gasteiger partial charge in [-0.3, -0.25) is 9.88 Å². The topological polar surface area (TPSA) is 47.5 Å². The Bertz CT molecular complexity index is 629. The number of nitrogens with zero attached hydrogens (tertiary/aromatic N) is 3. The van der Waals surface area contributed by atoms with Crippen molar-refractivity contribution in [3.8, 4) is 5.88 Å². The van der Waals surface area contributed by atoms with E-state index in [9.17, 15) is 0 Å². The van der Waals surface area contributed by atoms with Crippen LogP contribution in [-0.2, 0) is 11.3 Å². The molecule has 2 fully saturated rings. The normalized spacial score (nSPS) is 23.4. The van der Waals surface area contributed by atoms with E-state index in [-0.39, 0.29) is 11.7 Å². The molecule has 4 rings (SSSR count). The van der Waals surface area contributed by atoms with Crippen molar-refractivity contribution in [2.75, 3.05) is 19.7 Å². The first-order chi connectivity index (χ1) is 11.3. The molecule has 0 saturated carbocycles. The van der Waals surface area contributed by atoms with Gasteiger partial charge in [0.05, 0.1) is 18.4 Å². The highest BCUT2D eigenvalue weighted by Gasteiger charge is 2.48. The van der Waals surface area contributed by atoms with Gasteiger partial charge in [-0.15, -0.1) is 0 Å². The number of benzene rings is 1. The smallest absolute Gasteiger partial charge is 0.232 e. The zero-order valence-electron chi connectivity index (χ0n) is 13.1. The van der Waals surface area contributed by atoms with Crippen LogP contribution in [0.2, 0.25) is 0 Å².